The van der Waals surface area contributed by atoms with Gasteiger partial charge >= 0.3 is 5.97 Å². The minimum Gasteiger partial charge on any atom is -0.482 e. The highest BCUT2D eigenvalue weighted by molar-refractivity contribution is 5.78. The number of aryl methyl sites for hydroxylation is 2. The highest BCUT2D eigenvalue weighted by atomic mass is 19.1. The summed E-state index contributed by atoms with van der Waals surface area (Å²) >= 11 is 0. The van der Waals surface area contributed by atoms with Gasteiger partial charge in [-0.25, -0.2) is 9.18 Å². The molecule has 0 aliphatic carbocycles. The lowest BCUT2D eigenvalue weighted by Crippen LogP contribution is -2.41. The molecular formula is C27H26FNO4. The van der Waals surface area contributed by atoms with Gasteiger partial charge < -0.3 is 14.7 Å². The van der Waals surface area contributed by atoms with E-state index in [1.54, 1.807) is 4.90 Å². The van der Waals surface area contributed by atoms with Gasteiger partial charge in [0.15, 0.2) is 6.61 Å². The molecule has 0 saturated heterocycles. The van der Waals surface area contributed by atoms with E-state index in [4.69, 9.17) is 9.84 Å². The molecule has 1 aliphatic rings. The van der Waals surface area contributed by atoms with Crippen LogP contribution in [0.5, 0.6) is 5.75 Å². The summed E-state index contributed by atoms with van der Waals surface area (Å²) in [6, 6.07) is 19.2. The second-order valence-corrected chi connectivity index (χ2v) is 8.23. The summed E-state index contributed by atoms with van der Waals surface area (Å²) in [4.78, 5) is 26.3. The summed E-state index contributed by atoms with van der Waals surface area (Å²) in [5.41, 5.74) is 4.70. The van der Waals surface area contributed by atoms with E-state index in [9.17, 15) is 14.0 Å². The minimum atomic E-state index is -1.12. The van der Waals surface area contributed by atoms with E-state index in [1.165, 1.54) is 18.2 Å². The van der Waals surface area contributed by atoms with Gasteiger partial charge in [-0.15, -0.1) is 0 Å². The Kier molecular flexibility index (Phi) is 6.73. The van der Waals surface area contributed by atoms with Gasteiger partial charge in [-0.1, -0.05) is 48.5 Å². The Hall–Kier alpha value is -3.67. The number of amides is 1. The molecule has 33 heavy (non-hydrogen) atoms. The summed E-state index contributed by atoms with van der Waals surface area (Å²) in [6.07, 6.45) is 1.63. The third-order valence-electron chi connectivity index (χ3n) is 6.09. The topological polar surface area (TPSA) is 66.8 Å². The van der Waals surface area contributed by atoms with Gasteiger partial charge in [-0.3, -0.25) is 4.79 Å². The Labute approximate surface area is 192 Å². The number of carboxylic acids is 1. The Bertz CT molecular complexity index is 1180. The van der Waals surface area contributed by atoms with E-state index < -0.39 is 24.4 Å². The molecule has 1 N–H and O–H groups in total. The van der Waals surface area contributed by atoms with Crippen LogP contribution in [0, 0.1) is 12.7 Å². The van der Waals surface area contributed by atoms with Gasteiger partial charge in [-0.2, -0.15) is 0 Å². The van der Waals surface area contributed by atoms with Crippen molar-refractivity contribution in [2.75, 3.05) is 13.2 Å². The number of aliphatic carboxylic acids is 1. The fraction of sp³-hybridized carbons (Fsp3) is 0.259. The first-order valence-electron chi connectivity index (χ1n) is 11.0. The fourth-order valence-electron chi connectivity index (χ4n) is 4.45. The lowest BCUT2D eigenvalue weighted by Gasteiger charge is -2.38. The van der Waals surface area contributed by atoms with Crippen LogP contribution in [-0.2, 0) is 22.4 Å². The van der Waals surface area contributed by atoms with Gasteiger partial charge in [0, 0.05) is 18.5 Å². The monoisotopic (exact) mass is 447 g/mol. The lowest BCUT2D eigenvalue weighted by atomic mass is 9.87. The van der Waals surface area contributed by atoms with Crippen LogP contribution >= 0.6 is 0 Å². The maximum atomic E-state index is 14.3. The predicted octanol–water partition coefficient (Wildman–Crippen LogP) is 4.70. The van der Waals surface area contributed by atoms with E-state index in [1.807, 2.05) is 55.5 Å². The molecule has 1 atom stereocenters. The quantitative estimate of drug-likeness (QED) is 0.570. The van der Waals surface area contributed by atoms with Crippen LogP contribution in [0.15, 0.2) is 66.7 Å². The number of hydrogen-bond donors (Lipinski definition) is 1. The van der Waals surface area contributed by atoms with Crippen LogP contribution in [0.25, 0.3) is 0 Å². The van der Waals surface area contributed by atoms with Crippen molar-refractivity contribution in [1.82, 2.24) is 4.90 Å². The van der Waals surface area contributed by atoms with Crippen LogP contribution < -0.4 is 4.74 Å². The van der Waals surface area contributed by atoms with E-state index in [0.29, 0.717) is 31.4 Å². The molecule has 0 spiro atoms. The molecule has 5 nitrogen and oxygen atoms in total. The molecule has 0 radical (unpaired) electrons. The molecule has 1 amide bonds. The number of nitrogens with zero attached hydrogens (tertiary/aromatic N) is 1. The van der Waals surface area contributed by atoms with Crippen LogP contribution in [0.4, 0.5) is 4.39 Å². The molecule has 4 rings (SSSR count). The Morgan fingerprint density at radius 1 is 1.06 bits per heavy atom. The second kappa shape index (κ2) is 9.86. The van der Waals surface area contributed by atoms with Crippen molar-refractivity contribution in [2.45, 2.75) is 32.2 Å². The van der Waals surface area contributed by atoms with Crippen molar-refractivity contribution in [3.8, 4) is 5.75 Å². The fourth-order valence-corrected chi connectivity index (χ4v) is 4.45. The molecule has 0 saturated carbocycles. The third kappa shape index (κ3) is 5.06. The Morgan fingerprint density at radius 3 is 2.61 bits per heavy atom. The zero-order chi connectivity index (χ0) is 23.4. The molecule has 1 heterocycles. The zero-order valence-corrected chi connectivity index (χ0v) is 18.5. The molecule has 1 aliphatic heterocycles. The Morgan fingerprint density at radius 2 is 1.82 bits per heavy atom. The maximum Gasteiger partial charge on any atom is 0.341 e. The molecule has 3 aromatic carbocycles. The number of fused-ring (bicyclic) bond motifs is 1. The largest absolute Gasteiger partial charge is 0.482 e. The summed E-state index contributed by atoms with van der Waals surface area (Å²) in [5.74, 6) is -1.37. The average Bonchev–Trinajstić information content (AvgIpc) is 2.81. The van der Waals surface area contributed by atoms with Crippen LogP contribution in [0.1, 0.15) is 40.3 Å². The van der Waals surface area contributed by atoms with Crippen molar-refractivity contribution >= 4 is 11.9 Å². The van der Waals surface area contributed by atoms with Crippen molar-refractivity contribution in [3.63, 3.8) is 0 Å². The molecule has 3 aromatic rings. The highest BCUT2D eigenvalue weighted by Crippen LogP contribution is 2.40. The zero-order valence-electron chi connectivity index (χ0n) is 18.5. The average molecular weight is 448 g/mol. The predicted molar refractivity (Wildman–Crippen MR) is 123 cm³/mol. The molecule has 1 unspecified atom stereocenters. The Balaban J connectivity index is 1.69. The number of benzene rings is 3. The molecule has 0 bridgehead atoms. The van der Waals surface area contributed by atoms with Gasteiger partial charge in [0.25, 0.3) is 0 Å². The number of ether oxygens (including phenoxy) is 1. The first-order valence-corrected chi connectivity index (χ1v) is 11.0. The van der Waals surface area contributed by atoms with Crippen molar-refractivity contribution < 1.29 is 23.8 Å². The summed E-state index contributed by atoms with van der Waals surface area (Å²) in [7, 11) is 0. The first-order chi connectivity index (χ1) is 15.9. The van der Waals surface area contributed by atoms with Crippen molar-refractivity contribution in [3.05, 3.63) is 100 Å². The van der Waals surface area contributed by atoms with Gasteiger partial charge in [0.05, 0.1) is 6.04 Å². The maximum absolute atomic E-state index is 14.3. The van der Waals surface area contributed by atoms with E-state index in [-0.39, 0.29) is 11.7 Å². The van der Waals surface area contributed by atoms with Crippen LogP contribution in [-0.4, -0.2) is 35.0 Å². The number of halogens is 1. The number of carbonyl (C=O) groups is 2. The van der Waals surface area contributed by atoms with E-state index >= 15 is 0 Å². The smallest absolute Gasteiger partial charge is 0.341 e. The van der Waals surface area contributed by atoms with Crippen molar-refractivity contribution in [2.24, 2.45) is 0 Å². The first kappa shape index (κ1) is 22.5. The number of hydrogen-bond acceptors (Lipinski definition) is 3. The number of carboxylic acid groups (broad SMARTS) is 1. The summed E-state index contributed by atoms with van der Waals surface area (Å²) in [5, 5.41) is 9.07. The van der Waals surface area contributed by atoms with Gasteiger partial charge in [0.1, 0.15) is 11.6 Å². The van der Waals surface area contributed by atoms with E-state index in [2.05, 4.69) is 0 Å². The van der Waals surface area contributed by atoms with Crippen LogP contribution in [0.3, 0.4) is 0 Å². The normalized spacial score (nSPS) is 15.1. The van der Waals surface area contributed by atoms with Crippen LogP contribution in [0.2, 0.25) is 0 Å². The summed E-state index contributed by atoms with van der Waals surface area (Å²) in [6.45, 7) is 1.97. The number of carbonyl (C=O) groups excluding carboxylic acids is 1. The summed E-state index contributed by atoms with van der Waals surface area (Å²) < 4.78 is 19.8. The highest BCUT2D eigenvalue weighted by Gasteiger charge is 2.34. The lowest BCUT2D eigenvalue weighted by molar-refractivity contribution is -0.139. The SMILES string of the molecule is Cc1ccccc1CCC(=O)N1CCc2ccccc2C1c1cc(F)ccc1OCC(=O)O. The third-order valence-corrected chi connectivity index (χ3v) is 6.09. The molecule has 170 valence electrons. The van der Waals surface area contributed by atoms with Crippen molar-refractivity contribution in [1.29, 1.82) is 0 Å². The minimum absolute atomic E-state index is 0.0359. The number of rotatable bonds is 7. The molecule has 0 fully saturated rings. The van der Waals surface area contributed by atoms with Gasteiger partial charge in [-0.05, 0) is 60.2 Å². The van der Waals surface area contributed by atoms with Gasteiger partial charge in [0.2, 0.25) is 5.91 Å². The standard InChI is InChI=1S/C27H26FNO4/c1-18-6-2-3-7-19(18)10-13-25(30)29-15-14-20-8-4-5-9-22(20)27(29)23-16-21(28)11-12-24(23)33-17-26(31)32/h2-9,11-12,16,27H,10,13-15,17H2,1H3,(H,31,32). The van der Waals surface area contributed by atoms with E-state index in [0.717, 1.165) is 22.3 Å². The molecule has 6 heteroatoms. The molecular weight excluding hydrogens is 421 g/mol. The second-order valence-electron chi connectivity index (χ2n) is 8.23. The molecule has 0 aromatic heterocycles.